The van der Waals surface area contributed by atoms with Crippen LogP contribution >= 0.6 is 0 Å². The van der Waals surface area contributed by atoms with E-state index in [0.717, 1.165) is 5.56 Å². The Morgan fingerprint density at radius 1 is 0.958 bits per heavy atom. The first kappa shape index (κ1) is 15.9. The number of imide groups is 1. The first-order valence-electron chi connectivity index (χ1n) is 7.85. The van der Waals surface area contributed by atoms with Crippen molar-refractivity contribution in [2.75, 3.05) is 0 Å². The summed E-state index contributed by atoms with van der Waals surface area (Å²) in [7, 11) is 0. The summed E-state index contributed by atoms with van der Waals surface area (Å²) in [6.45, 7) is 1.87. The summed E-state index contributed by atoms with van der Waals surface area (Å²) >= 11 is 0. The number of hydroxylamine groups is 2. The van der Waals surface area contributed by atoms with Crippen LogP contribution in [0.2, 0.25) is 0 Å². The molecule has 0 N–H and O–H groups in total. The van der Waals surface area contributed by atoms with Crippen LogP contribution in [0.3, 0.4) is 0 Å². The summed E-state index contributed by atoms with van der Waals surface area (Å²) in [5.41, 5.74) is 1.52. The van der Waals surface area contributed by atoms with Crippen LogP contribution in [0.25, 0.3) is 0 Å². The van der Waals surface area contributed by atoms with Gasteiger partial charge in [-0.3, -0.25) is 9.59 Å². The lowest BCUT2D eigenvalue weighted by Crippen LogP contribution is -2.35. The zero-order chi connectivity index (χ0) is 17.1. The Labute approximate surface area is 139 Å². The van der Waals surface area contributed by atoms with Gasteiger partial charge in [0.05, 0.1) is 17.0 Å². The van der Waals surface area contributed by atoms with E-state index in [0.29, 0.717) is 17.9 Å². The predicted molar refractivity (Wildman–Crippen MR) is 87.0 cm³/mol. The van der Waals surface area contributed by atoms with Crippen molar-refractivity contribution in [1.29, 1.82) is 0 Å². The van der Waals surface area contributed by atoms with Gasteiger partial charge in [-0.2, -0.15) is 0 Å². The first-order chi connectivity index (χ1) is 11.6. The molecule has 0 saturated carbocycles. The molecule has 2 aromatic rings. The summed E-state index contributed by atoms with van der Waals surface area (Å²) in [5, 5.41) is 0.570. The molecule has 2 amide bonds. The highest BCUT2D eigenvalue weighted by molar-refractivity contribution is 6.20. The van der Waals surface area contributed by atoms with Gasteiger partial charge in [0.15, 0.2) is 0 Å². The van der Waals surface area contributed by atoms with Gasteiger partial charge in [-0.15, -0.1) is 0 Å². The number of rotatable bonds is 5. The normalized spacial score (nSPS) is 14.5. The van der Waals surface area contributed by atoms with Crippen molar-refractivity contribution in [1.82, 2.24) is 5.06 Å². The number of amides is 2. The van der Waals surface area contributed by atoms with Crippen molar-refractivity contribution in [3.63, 3.8) is 0 Å². The lowest BCUT2D eigenvalue weighted by atomic mass is 9.97. The Hall–Kier alpha value is -2.95. The van der Waals surface area contributed by atoms with Gasteiger partial charge in [0.25, 0.3) is 11.8 Å². The molecule has 1 atom stereocenters. The second-order valence-electron chi connectivity index (χ2n) is 5.66. The van der Waals surface area contributed by atoms with E-state index in [1.807, 2.05) is 37.3 Å². The van der Waals surface area contributed by atoms with Crippen molar-refractivity contribution >= 4 is 17.8 Å². The molecular weight excluding hydrogens is 306 g/mol. The number of carbonyl (C=O) groups excluding carboxylic acids is 3. The van der Waals surface area contributed by atoms with Gasteiger partial charge in [0, 0.05) is 0 Å². The second-order valence-corrected chi connectivity index (χ2v) is 5.66. The molecule has 3 rings (SSSR count). The Balaban J connectivity index is 1.72. The minimum Gasteiger partial charge on any atom is -0.329 e. The second kappa shape index (κ2) is 6.66. The molecule has 122 valence electrons. The quantitative estimate of drug-likeness (QED) is 0.794. The van der Waals surface area contributed by atoms with E-state index >= 15 is 0 Å². The van der Waals surface area contributed by atoms with Gasteiger partial charge < -0.3 is 4.84 Å². The monoisotopic (exact) mass is 323 g/mol. The lowest BCUT2D eigenvalue weighted by Gasteiger charge is -2.18. The predicted octanol–water partition coefficient (Wildman–Crippen LogP) is 3.01. The molecule has 1 heterocycles. The maximum atomic E-state index is 12.4. The fraction of sp³-hybridized carbons (Fsp3) is 0.211. The van der Waals surface area contributed by atoms with Crippen LogP contribution < -0.4 is 0 Å². The van der Waals surface area contributed by atoms with Gasteiger partial charge in [-0.05, 0) is 30.5 Å². The third-order valence-corrected chi connectivity index (χ3v) is 4.09. The van der Waals surface area contributed by atoms with E-state index in [-0.39, 0.29) is 11.1 Å². The van der Waals surface area contributed by atoms with E-state index in [1.54, 1.807) is 24.3 Å². The average Bonchev–Trinajstić information content (AvgIpc) is 2.86. The van der Waals surface area contributed by atoms with Crippen LogP contribution in [0, 0.1) is 5.92 Å². The van der Waals surface area contributed by atoms with Crippen molar-refractivity contribution in [2.24, 2.45) is 5.92 Å². The molecule has 0 aliphatic carbocycles. The third kappa shape index (κ3) is 2.93. The van der Waals surface area contributed by atoms with Crippen LogP contribution in [0.1, 0.15) is 39.6 Å². The third-order valence-electron chi connectivity index (χ3n) is 4.09. The summed E-state index contributed by atoms with van der Waals surface area (Å²) in [4.78, 5) is 42.0. The van der Waals surface area contributed by atoms with Crippen LogP contribution in [-0.2, 0) is 16.1 Å². The van der Waals surface area contributed by atoms with E-state index in [4.69, 9.17) is 4.84 Å². The molecule has 5 nitrogen and oxygen atoms in total. The lowest BCUT2D eigenvalue weighted by molar-refractivity contribution is -0.173. The van der Waals surface area contributed by atoms with Crippen LogP contribution in [0.15, 0.2) is 54.6 Å². The zero-order valence-electron chi connectivity index (χ0n) is 13.3. The molecule has 0 spiro atoms. The smallest absolute Gasteiger partial charge is 0.329 e. The largest absolute Gasteiger partial charge is 0.336 e. The Bertz CT molecular complexity index is 750. The molecule has 0 saturated heterocycles. The maximum absolute atomic E-state index is 12.4. The number of nitrogens with zero attached hydrogens (tertiary/aromatic N) is 1. The molecule has 1 unspecified atom stereocenters. The molecule has 24 heavy (non-hydrogen) atoms. The zero-order valence-corrected chi connectivity index (χ0v) is 13.3. The van der Waals surface area contributed by atoms with Crippen LogP contribution in [-0.4, -0.2) is 22.8 Å². The number of benzene rings is 2. The molecule has 0 aromatic heterocycles. The van der Waals surface area contributed by atoms with Gasteiger partial charge >= 0.3 is 5.97 Å². The van der Waals surface area contributed by atoms with Crippen molar-refractivity contribution in [3.8, 4) is 0 Å². The minimum absolute atomic E-state index is 0.256. The number of hydrogen-bond acceptors (Lipinski definition) is 4. The van der Waals surface area contributed by atoms with Gasteiger partial charge in [-0.1, -0.05) is 54.5 Å². The number of hydrogen-bond donors (Lipinski definition) is 0. The first-order valence-corrected chi connectivity index (χ1v) is 7.85. The minimum atomic E-state index is -0.599. The van der Waals surface area contributed by atoms with E-state index in [9.17, 15) is 14.4 Å². The Morgan fingerprint density at radius 3 is 2.04 bits per heavy atom. The molecule has 1 aliphatic heterocycles. The molecule has 0 radical (unpaired) electrons. The molecule has 2 aromatic carbocycles. The van der Waals surface area contributed by atoms with Crippen LogP contribution in [0.4, 0.5) is 0 Å². The average molecular weight is 323 g/mol. The Kier molecular flexibility index (Phi) is 4.42. The van der Waals surface area contributed by atoms with E-state index < -0.39 is 23.7 Å². The molecule has 5 heteroatoms. The topological polar surface area (TPSA) is 63.7 Å². The number of carbonyl (C=O) groups is 3. The standard InChI is InChI=1S/C19H17NO4/c1-2-14(12-13-8-4-3-5-9-13)19(23)24-20-17(21)15-10-6-7-11-16(15)18(20)22/h3-11,14H,2,12H2,1H3. The van der Waals surface area contributed by atoms with Gasteiger partial charge in [-0.25, -0.2) is 4.79 Å². The molecule has 0 fully saturated rings. The van der Waals surface area contributed by atoms with Gasteiger partial charge in [0.2, 0.25) is 0 Å². The molecular formula is C19H17NO4. The van der Waals surface area contributed by atoms with Crippen molar-refractivity contribution in [3.05, 3.63) is 71.3 Å². The van der Waals surface area contributed by atoms with E-state index in [1.165, 1.54) is 0 Å². The fourth-order valence-electron chi connectivity index (χ4n) is 2.71. The number of fused-ring (bicyclic) bond motifs is 1. The highest BCUT2D eigenvalue weighted by atomic mass is 16.7. The Morgan fingerprint density at radius 2 is 1.50 bits per heavy atom. The fourth-order valence-corrected chi connectivity index (χ4v) is 2.71. The van der Waals surface area contributed by atoms with Crippen LogP contribution in [0.5, 0.6) is 0 Å². The van der Waals surface area contributed by atoms with Crippen molar-refractivity contribution < 1.29 is 19.2 Å². The summed E-state index contributed by atoms with van der Waals surface area (Å²) in [5.74, 6) is -2.19. The summed E-state index contributed by atoms with van der Waals surface area (Å²) < 4.78 is 0. The maximum Gasteiger partial charge on any atom is 0.336 e. The van der Waals surface area contributed by atoms with E-state index in [2.05, 4.69) is 0 Å². The SMILES string of the molecule is CCC(Cc1ccccc1)C(=O)ON1C(=O)c2ccccc2C1=O. The summed E-state index contributed by atoms with van der Waals surface area (Å²) in [6, 6.07) is 16.0. The summed E-state index contributed by atoms with van der Waals surface area (Å²) in [6.07, 6.45) is 1.05. The highest BCUT2D eigenvalue weighted by Gasteiger charge is 2.39. The highest BCUT2D eigenvalue weighted by Crippen LogP contribution is 2.24. The van der Waals surface area contributed by atoms with Crippen molar-refractivity contribution in [2.45, 2.75) is 19.8 Å². The van der Waals surface area contributed by atoms with Gasteiger partial charge in [0.1, 0.15) is 0 Å². The molecule has 1 aliphatic rings. The molecule has 0 bridgehead atoms.